The minimum atomic E-state index is -0.943. The van der Waals surface area contributed by atoms with Gasteiger partial charge in [0.05, 0.1) is 12.1 Å². The topological polar surface area (TPSA) is 66.6 Å². The Morgan fingerprint density at radius 2 is 1.81 bits per heavy atom. The Bertz CT molecular complexity index is 912. The summed E-state index contributed by atoms with van der Waals surface area (Å²) in [4.78, 5) is 17.9. The van der Waals surface area contributed by atoms with Crippen LogP contribution in [-0.4, -0.2) is 34.0 Å². The minimum absolute atomic E-state index is 0.261. The van der Waals surface area contributed by atoms with Crippen molar-refractivity contribution in [1.82, 2.24) is 9.88 Å². The highest BCUT2D eigenvalue weighted by Crippen LogP contribution is 2.30. The standard InChI is InChI=1S/C22H22N2O3/c25-22(26)20-4-2-1-3-19(20)21-6-5-18(27-21)15-24-13-9-17(10-14-24)16-7-11-23-12-8-16/h1-8,11-12,17H,9-10,13-15H2,(H,25,26). The molecule has 1 fully saturated rings. The summed E-state index contributed by atoms with van der Waals surface area (Å²) < 4.78 is 5.96. The second kappa shape index (κ2) is 7.76. The summed E-state index contributed by atoms with van der Waals surface area (Å²) in [7, 11) is 0. The molecule has 138 valence electrons. The molecule has 1 aliphatic rings. The Hall–Kier alpha value is -2.92. The molecule has 5 heteroatoms. The zero-order chi connectivity index (χ0) is 18.6. The molecule has 0 saturated carbocycles. The second-order valence-corrected chi connectivity index (χ2v) is 6.95. The van der Waals surface area contributed by atoms with Gasteiger partial charge in [-0.05, 0) is 67.7 Å². The zero-order valence-electron chi connectivity index (χ0n) is 15.0. The van der Waals surface area contributed by atoms with Gasteiger partial charge in [-0.2, -0.15) is 0 Å². The quantitative estimate of drug-likeness (QED) is 0.728. The van der Waals surface area contributed by atoms with E-state index in [0.29, 0.717) is 17.2 Å². The molecule has 0 spiro atoms. The van der Waals surface area contributed by atoms with Crippen molar-refractivity contribution in [3.8, 4) is 11.3 Å². The number of pyridine rings is 1. The third kappa shape index (κ3) is 3.93. The molecular formula is C22H22N2O3. The fourth-order valence-corrected chi connectivity index (χ4v) is 3.77. The van der Waals surface area contributed by atoms with Gasteiger partial charge in [0.2, 0.25) is 0 Å². The summed E-state index contributed by atoms with van der Waals surface area (Å²) in [6, 6.07) is 15.0. The van der Waals surface area contributed by atoms with E-state index in [2.05, 4.69) is 22.0 Å². The van der Waals surface area contributed by atoms with E-state index in [4.69, 9.17) is 4.42 Å². The van der Waals surface area contributed by atoms with Crippen molar-refractivity contribution in [2.45, 2.75) is 25.3 Å². The van der Waals surface area contributed by atoms with Gasteiger partial charge in [0, 0.05) is 18.0 Å². The molecule has 0 bridgehead atoms. The molecule has 0 aliphatic carbocycles. The van der Waals surface area contributed by atoms with Crippen molar-refractivity contribution in [3.05, 3.63) is 77.8 Å². The molecule has 0 amide bonds. The molecule has 1 aliphatic heterocycles. The van der Waals surface area contributed by atoms with Gasteiger partial charge >= 0.3 is 5.97 Å². The van der Waals surface area contributed by atoms with Crippen molar-refractivity contribution in [2.24, 2.45) is 0 Å². The Morgan fingerprint density at radius 3 is 2.56 bits per heavy atom. The molecule has 0 unspecified atom stereocenters. The second-order valence-electron chi connectivity index (χ2n) is 6.95. The molecule has 0 atom stereocenters. The van der Waals surface area contributed by atoms with Gasteiger partial charge in [0.15, 0.2) is 0 Å². The average Bonchev–Trinajstić information content (AvgIpc) is 3.17. The molecule has 27 heavy (non-hydrogen) atoms. The summed E-state index contributed by atoms with van der Waals surface area (Å²) >= 11 is 0. The van der Waals surface area contributed by atoms with Gasteiger partial charge in [-0.1, -0.05) is 18.2 Å². The fraction of sp³-hybridized carbons (Fsp3) is 0.273. The normalized spacial score (nSPS) is 15.7. The monoisotopic (exact) mass is 362 g/mol. The van der Waals surface area contributed by atoms with E-state index in [1.165, 1.54) is 5.56 Å². The number of benzene rings is 1. The Balaban J connectivity index is 1.40. The van der Waals surface area contributed by atoms with Crippen molar-refractivity contribution in [1.29, 1.82) is 0 Å². The summed E-state index contributed by atoms with van der Waals surface area (Å²) in [5.74, 6) is 1.13. The average molecular weight is 362 g/mol. The molecule has 2 aromatic heterocycles. The number of likely N-dealkylation sites (tertiary alicyclic amines) is 1. The first-order chi connectivity index (χ1) is 13.2. The lowest BCUT2D eigenvalue weighted by Crippen LogP contribution is -2.32. The molecule has 5 nitrogen and oxygen atoms in total. The number of carboxylic acids is 1. The Morgan fingerprint density at radius 1 is 1.07 bits per heavy atom. The van der Waals surface area contributed by atoms with Crippen LogP contribution in [0.25, 0.3) is 11.3 Å². The van der Waals surface area contributed by atoms with Gasteiger partial charge < -0.3 is 9.52 Å². The highest BCUT2D eigenvalue weighted by atomic mass is 16.4. The number of furan rings is 1. The molecule has 1 aromatic carbocycles. The Labute approximate surface area is 158 Å². The number of carboxylic acid groups (broad SMARTS) is 1. The van der Waals surface area contributed by atoms with Crippen LogP contribution in [0.4, 0.5) is 0 Å². The fourth-order valence-electron chi connectivity index (χ4n) is 3.77. The number of piperidine rings is 1. The predicted molar refractivity (Wildman–Crippen MR) is 103 cm³/mol. The van der Waals surface area contributed by atoms with Gasteiger partial charge in [-0.25, -0.2) is 4.79 Å². The van der Waals surface area contributed by atoms with E-state index < -0.39 is 5.97 Å². The van der Waals surface area contributed by atoms with E-state index in [-0.39, 0.29) is 5.56 Å². The largest absolute Gasteiger partial charge is 0.478 e. The van der Waals surface area contributed by atoms with Crippen molar-refractivity contribution in [3.63, 3.8) is 0 Å². The number of nitrogens with zero attached hydrogens (tertiary/aromatic N) is 2. The SMILES string of the molecule is O=C(O)c1ccccc1-c1ccc(CN2CCC(c3ccncc3)CC2)o1. The van der Waals surface area contributed by atoms with E-state index in [0.717, 1.165) is 38.2 Å². The number of hydrogen-bond donors (Lipinski definition) is 1. The predicted octanol–water partition coefficient (Wildman–Crippen LogP) is 4.42. The first-order valence-corrected chi connectivity index (χ1v) is 9.24. The van der Waals surface area contributed by atoms with Crippen LogP contribution in [0.1, 0.15) is 40.4 Å². The van der Waals surface area contributed by atoms with Crippen molar-refractivity contribution in [2.75, 3.05) is 13.1 Å². The van der Waals surface area contributed by atoms with Crippen LogP contribution in [0, 0.1) is 0 Å². The van der Waals surface area contributed by atoms with E-state index in [1.54, 1.807) is 18.2 Å². The number of aromatic nitrogens is 1. The van der Waals surface area contributed by atoms with Gasteiger partial charge in [-0.3, -0.25) is 9.88 Å². The van der Waals surface area contributed by atoms with E-state index in [1.807, 2.05) is 30.6 Å². The molecule has 3 heterocycles. The minimum Gasteiger partial charge on any atom is -0.478 e. The lowest BCUT2D eigenvalue weighted by molar-refractivity contribution is 0.0697. The number of rotatable bonds is 5. The zero-order valence-corrected chi connectivity index (χ0v) is 15.0. The Kier molecular flexibility index (Phi) is 5.03. The lowest BCUT2D eigenvalue weighted by atomic mass is 9.90. The van der Waals surface area contributed by atoms with Crippen LogP contribution in [-0.2, 0) is 6.54 Å². The third-order valence-electron chi connectivity index (χ3n) is 5.23. The van der Waals surface area contributed by atoms with Crippen LogP contribution >= 0.6 is 0 Å². The first-order valence-electron chi connectivity index (χ1n) is 9.24. The molecule has 1 N–H and O–H groups in total. The van der Waals surface area contributed by atoms with Crippen LogP contribution in [0.5, 0.6) is 0 Å². The van der Waals surface area contributed by atoms with Crippen molar-refractivity contribution >= 4 is 5.97 Å². The van der Waals surface area contributed by atoms with Crippen LogP contribution in [0.2, 0.25) is 0 Å². The van der Waals surface area contributed by atoms with Crippen LogP contribution < -0.4 is 0 Å². The maximum absolute atomic E-state index is 11.4. The van der Waals surface area contributed by atoms with Gasteiger partial charge in [0.1, 0.15) is 11.5 Å². The van der Waals surface area contributed by atoms with E-state index in [9.17, 15) is 9.90 Å². The highest BCUT2D eigenvalue weighted by molar-refractivity contribution is 5.95. The molecule has 4 rings (SSSR count). The smallest absolute Gasteiger partial charge is 0.336 e. The molecular weight excluding hydrogens is 340 g/mol. The van der Waals surface area contributed by atoms with Crippen molar-refractivity contribution < 1.29 is 14.3 Å². The highest BCUT2D eigenvalue weighted by Gasteiger charge is 2.22. The molecule has 0 radical (unpaired) electrons. The number of carbonyl (C=O) groups is 1. The lowest BCUT2D eigenvalue weighted by Gasteiger charge is -2.31. The molecule has 1 saturated heterocycles. The van der Waals surface area contributed by atoms with Gasteiger partial charge in [0.25, 0.3) is 0 Å². The van der Waals surface area contributed by atoms with Gasteiger partial charge in [-0.15, -0.1) is 0 Å². The number of aromatic carboxylic acids is 1. The first kappa shape index (κ1) is 17.5. The number of hydrogen-bond acceptors (Lipinski definition) is 4. The maximum Gasteiger partial charge on any atom is 0.336 e. The molecule has 3 aromatic rings. The van der Waals surface area contributed by atoms with Crippen LogP contribution in [0.15, 0.2) is 65.3 Å². The van der Waals surface area contributed by atoms with Crippen LogP contribution in [0.3, 0.4) is 0 Å². The summed E-state index contributed by atoms with van der Waals surface area (Å²) in [5, 5.41) is 9.36. The van der Waals surface area contributed by atoms with E-state index >= 15 is 0 Å². The maximum atomic E-state index is 11.4. The summed E-state index contributed by atoms with van der Waals surface area (Å²) in [6.07, 6.45) is 5.97. The summed E-state index contributed by atoms with van der Waals surface area (Å²) in [6.45, 7) is 2.79. The third-order valence-corrected chi connectivity index (χ3v) is 5.23. The summed E-state index contributed by atoms with van der Waals surface area (Å²) in [5.41, 5.74) is 2.25.